The van der Waals surface area contributed by atoms with Crippen molar-refractivity contribution in [1.82, 2.24) is 24.3 Å². The Bertz CT molecular complexity index is 1970. The Morgan fingerprint density at radius 3 is 2.57 bits per heavy atom. The van der Waals surface area contributed by atoms with Crippen LogP contribution in [0.5, 0.6) is 5.75 Å². The van der Waals surface area contributed by atoms with Gasteiger partial charge < -0.3 is 15.4 Å². The quantitative estimate of drug-likeness (QED) is 0.237. The molecule has 42 heavy (non-hydrogen) atoms. The molecule has 0 saturated carbocycles. The standard InChI is InChI=1S/C32H27ClN6O3/c1-20(26-17-22-7-6-10-25(33)27(22)32(41)39(26)23-8-4-3-5-9-23)37-31(40)28-29(36-19-38-16-15-34-30(28)38)35-18-21-11-13-24(42-2)14-12-21/h3-17,19-20,35H,18H2,1-2H3,(H,37,40)/t20-/m0/s1. The first kappa shape index (κ1) is 27.0. The first-order chi connectivity index (χ1) is 20.4. The number of benzene rings is 3. The molecule has 0 bridgehead atoms. The average Bonchev–Trinajstić information content (AvgIpc) is 3.49. The molecule has 10 heteroatoms. The summed E-state index contributed by atoms with van der Waals surface area (Å²) in [5, 5.41) is 7.85. The second-order valence-electron chi connectivity index (χ2n) is 9.77. The summed E-state index contributed by atoms with van der Waals surface area (Å²) in [6.45, 7) is 2.27. The number of carbonyl (C=O) groups is 1. The fraction of sp³-hybridized carbons (Fsp3) is 0.125. The van der Waals surface area contributed by atoms with Crippen LogP contribution in [0.3, 0.4) is 0 Å². The fourth-order valence-electron chi connectivity index (χ4n) is 5.01. The topological polar surface area (TPSA) is 103 Å². The molecule has 9 nitrogen and oxygen atoms in total. The number of rotatable bonds is 8. The minimum atomic E-state index is -0.571. The summed E-state index contributed by atoms with van der Waals surface area (Å²) >= 11 is 6.46. The highest BCUT2D eigenvalue weighted by Gasteiger charge is 2.24. The maximum absolute atomic E-state index is 13.9. The number of pyridine rings is 1. The lowest BCUT2D eigenvalue weighted by atomic mass is 10.1. The number of hydrogen-bond acceptors (Lipinski definition) is 6. The molecule has 0 saturated heterocycles. The van der Waals surface area contributed by atoms with Gasteiger partial charge in [0.1, 0.15) is 23.5 Å². The van der Waals surface area contributed by atoms with E-state index in [4.69, 9.17) is 16.3 Å². The van der Waals surface area contributed by atoms with Crippen molar-refractivity contribution in [2.24, 2.45) is 0 Å². The highest BCUT2D eigenvalue weighted by atomic mass is 35.5. The number of methoxy groups -OCH3 is 1. The van der Waals surface area contributed by atoms with Gasteiger partial charge in [0.25, 0.3) is 11.5 Å². The van der Waals surface area contributed by atoms with E-state index >= 15 is 0 Å². The Balaban J connectivity index is 1.37. The van der Waals surface area contributed by atoms with Crippen LogP contribution in [0.15, 0.2) is 102 Å². The van der Waals surface area contributed by atoms with Crippen LogP contribution < -0.4 is 20.9 Å². The Labute approximate surface area is 246 Å². The van der Waals surface area contributed by atoms with Crippen LogP contribution in [0, 0.1) is 0 Å². The monoisotopic (exact) mass is 578 g/mol. The number of aromatic nitrogens is 4. The molecule has 0 radical (unpaired) electrons. The molecule has 2 N–H and O–H groups in total. The third kappa shape index (κ3) is 5.06. The summed E-state index contributed by atoms with van der Waals surface area (Å²) in [7, 11) is 1.62. The zero-order valence-electron chi connectivity index (χ0n) is 22.9. The van der Waals surface area contributed by atoms with Gasteiger partial charge in [0.2, 0.25) is 0 Å². The molecule has 3 heterocycles. The number of amides is 1. The van der Waals surface area contributed by atoms with Gasteiger partial charge in [-0.3, -0.25) is 18.6 Å². The van der Waals surface area contributed by atoms with Crippen LogP contribution in [0.25, 0.3) is 22.1 Å². The van der Waals surface area contributed by atoms with Gasteiger partial charge in [-0.25, -0.2) is 9.97 Å². The SMILES string of the molecule is COc1ccc(CNc2ncn3ccnc3c2C(=O)N[C@@H](C)c2cc3cccc(Cl)c3c(=O)n2-c2ccccc2)cc1. The molecule has 0 aliphatic heterocycles. The van der Waals surface area contributed by atoms with Crippen molar-refractivity contribution in [2.75, 3.05) is 12.4 Å². The van der Waals surface area contributed by atoms with Crippen LogP contribution in [0.1, 0.15) is 34.6 Å². The van der Waals surface area contributed by atoms with Crippen LogP contribution >= 0.6 is 11.6 Å². The van der Waals surface area contributed by atoms with Gasteiger partial charge in [-0.2, -0.15) is 0 Å². The third-order valence-electron chi connectivity index (χ3n) is 7.12. The van der Waals surface area contributed by atoms with E-state index in [9.17, 15) is 9.59 Å². The zero-order valence-corrected chi connectivity index (χ0v) is 23.7. The summed E-state index contributed by atoms with van der Waals surface area (Å²) in [5.74, 6) is 0.761. The second kappa shape index (κ2) is 11.4. The highest BCUT2D eigenvalue weighted by Crippen LogP contribution is 2.27. The largest absolute Gasteiger partial charge is 0.497 e. The summed E-state index contributed by atoms with van der Waals surface area (Å²) in [5.41, 5.74) is 2.74. The van der Waals surface area contributed by atoms with Gasteiger partial charge in [-0.1, -0.05) is 54.1 Å². The van der Waals surface area contributed by atoms with E-state index in [0.29, 0.717) is 50.7 Å². The van der Waals surface area contributed by atoms with E-state index in [0.717, 1.165) is 11.3 Å². The minimum Gasteiger partial charge on any atom is -0.497 e. The normalized spacial score (nSPS) is 11.9. The number of carbonyl (C=O) groups excluding carboxylic acids is 1. The number of anilines is 1. The molecule has 6 rings (SSSR count). The molecule has 0 unspecified atom stereocenters. The maximum Gasteiger partial charge on any atom is 0.264 e. The van der Waals surface area contributed by atoms with Gasteiger partial charge >= 0.3 is 0 Å². The van der Waals surface area contributed by atoms with Crippen molar-refractivity contribution >= 4 is 39.7 Å². The second-order valence-corrected chi connectivity index (χ2v) is 10.2. The van der Waals surface area contributed by atoms with Crippen molar-refractivity contribution in [2.45, 2.75) is 19.5 Å². The van der Waals surface area contributed by atoms with E-state index < -0.39 is 6.04 Å². The van der Waals surface area contributed by atoms with Gasteiger partial charge in [0, 0.05) is 30.3 Å². The number of para-hydroxylation sites is 1. The number of imidazole rings is 1. The zero-order chi connectivity index (χ0) is 29.2. The number of ether oxygens (including phenoxy) is 1. The molecule has 6 aromatic rings. The molecule has 0 fully saturated rings. The van der Waals surface area contributed by atoms with Crippen LogP contribution in [0.4, 0.5) is 5.82 Å². The van der Waals surface area contributed by atoms with Crippen LogP contribution in [-0.2, 0) is 6.54 Å². The smallest absolute Gasteiger partial charge is 0.264 e. The Morgan fingerprint density at radius 2 is 1.81 bits per heavy atom. The number of fused-ring (bicyclic) bond motifs is 2. The van der Waals surface area contributed by atoms with Crippen molar-refractivity contribution in [3.05, 3.63) is 130 Å². The van der Waals surface area contributed by atoms with Crippen LogP contribution in [0.2, 0.25) is 5.02 Å². The number of halogens is 1. The third-order valence-corrected chi connectivity index (χ3v) is 7.43. The molecule has 1 atom stereocenters. The summed E-state index contributed by atoms with van der Waals surface area (Å²) < 4.78 is 8.53. The predicted molar refractivity (Wildman–Crippen MR) is 164 cm³/mol. The van der Waals surface area contributed by atoms with E-state index in [1.54, 1.807) is 46.9 Å². The lowest BCUT2D eigenvalue weighted by Gasteiger charge is -2.22. The van der Waals surface area contributed by atoms with E-state index in [1.807, 2.05) is 73.7 Å². The number of hydrogen-bond donors (Lipinski definition) is 2. The van der Waals surface area contributed by atoms with Gasteiger partial charge in [0.05, 0.1) is 23.6 Å². The first-order valence-electron chi connectivity index (χ1n) is 13.3. The predicted octanol–water partition coefficient (Wildman–Crippen LogP) is 5.80. The summed E-state index contributed by atoms with van der Waals surface area (Å²) in [6, 6.07) is 23.6. The molecular weight excluding hydrogens is 552 g/mol. The van der Waals surface area contributed by atoms with Gasteiger partial charge in [-0.15, -0.1) is 0 Å². The number of nitrogens with zero attached hydrogens (tertiary/aromatic N) is 4. The van der Waals surface area contributed by atoms with E-state index in [2.05, 4.69) is 20.6 Å². The van der Waals surface area contributed by atoms with Gasteiger partial charge in [0.15, 0.2) is 5.65 Å². The molecule has 3 aromatic carbocycles. The van der Waals surface area contributed by atoms with Gasteiger partial charge in [-0.05, 0) is 54.3 Å². The molecular formula is C32H27ClN6O3. The molecule has 0 spiro atoms. The highest BCUT2D eigenvalue weighted by molar-refractivity contribution is 6.35. The van der Waals surface area contributed by atoms with Crippen molar-refractivity contribution in [3.63, 3.8) is 0 Å². The minimum absolute atomic E-state index is 0.265. The number of nitrogens with one attached hydrogen (secondary N) is 2. The molecule has 210 valence electrons. The van der Waals surface area contributed by atoms with Crippen molar-refractivity contribution in [1.29, 1.82) is 0 Å². The molecule has 1 amide bonds. The summed E-state index contributed by atoms with van der Waals surface area (Å²) in [6.07, 6.45) is 4.96. The molecule has 0 aliphatic rings. The maximum atomic E-state index is 13.9. The lowest BCUT2D eigenvalue weighted by Crippen LogP contribution is -2.33. The Hall–Kier alpha value is -5.15. The molecule has 3 aromatic heterocycles. The first-order valence-corrected chi connectivity index (χ1v) is 13.7. The summed E-state index contributed by atoms with van der Waals surface area (Å²) in [4.78, 5) is 36.7. The van der Waals surface area contributed by atoms with Crippen molar-refractivity contribution in [3.8, 4) is 11.4 Å². The van der Waals surface area contributed by atoms with E-state index in [-0.39, 0.29) is 11.5 Å². The van der Waals surface area contributed by atoms with Crippen molar-refractivity contribution < 1.29 is 9.53 Å². The van der Waals surface area contributed by atoms with E-state index in [1.165, 1.54) is 0 Å². The molecule has 0 aliphatic carbocycles. The fourth-order valence-corrected chi connectivity index (χ4v) is 5.27. The lowest BCUT2D eigenvalue weighted by molar-refractivity contribution is 0.0940. The average molecular weight is 579 g/mol. The Morgan fingerprint density at radius 1 is 1.02 bits per heavy atom. The van der Waals surface area contributed by atoms with Crippen LogP contribution in [-0.4, -0.2) is 32.0 Å². The Kier molecular flexibility index (Phi) is 7.33.